The first kappa shape index (κ1) is 16.8. The molecule has 104 valence electrons. The van der Waals surface area contributed by atoms with E-state index >= 15 is 0 Å². The average Bonchev–Trinajstić information content (AvgIpc) is 2.27. The minimum absolute atomic E-state index is 0.115. The lowest BCUT2D eigenvalue weighted by Gasteiger charge is -2.13. The van der Waals surface area contributed by atoms with Gasteiger partial charge < -0.3 is 15.7 Å². The Morgan fingerprint density at radius 2 is 2.11 bits per heavy atom. The predicted octanol–water partition coefficient (Wildman–Crippen LogP) is 0.224. The van der Waals surface area contributed by atoms with Crippen LogP contribution in [0.2, 0.25) is 0 Å². The second-order valence-corrected chi connectivity index (χ2v) is 4.98. The van der Waals surface area contributed by atoms with E-state index in [-0.39, 0.29) is 23.5 Å². The number of amides is 2. The fourth-order valence-corrected chi connectivity index (χ4v) is 2.23. The Morgan fingerprint density at radius 1 is 1.44 bits per heavy atom. The molecule has 2 unspecified atom stereocenters. The molecule has 0 aliphatic carbocycles. The molecule has 0 aromatic heterocycles. The molecule has 2 atom stereocenters. The third-order valence-electron chi connectivity index (χ3n) is 2.21. The summed E-state index contributed by atoms with van der Waals surface area (Å²) in [6, 6.07) is -0.820. The number of carbonyl (C=O) groups is 3. The van der Waals surface area contributed by atoms with E-state index in [1.165, 1.54) is 11.8 Å². The van der Waals surface area contributed by atoms with Gasteiger partial charge in [-0.05, 0) is 13.3 Å². The van der Waals surface area contributed by atoms with Crippen LogP contribution in [0.3, 0.4) is 0 Å². The highest BCUT2D eigenvalue weighted by molar-refractivity contribution is 8.00. The monoisotopic (exact) mass is 276 g/mol. The summed E-state index contributed by atoms with van der Waals surface area (Å²) in [4.78, 5) is 32.3. The first-order valence-corrected chi connectivity index (χ1v) is 6.96. The minimum atomic E-state index is -1.10. The van der Waals surface area contributed by atoms with Crippen molar-refractivity contribution in [1.82, 2.24) is 10.6 Å². The molecule has 0 radical (unpaired) electrons. The molecule has 0 aromatic carbocycles. The van der Waals surface area contributed by atoms with E-state index in [4.69, 9.17) is 5.11 Å². The number of carbonyl (C=O) groups excluding carboxylic acids is 2. The summed E-state index contributed by atoms with van der Waals surface area (Å²) in [6.45, 7) is 3.97. The molecule has 7 heteroatoms. The second kappa shape index (κ2) is 9.76. The number of rotatable bonds is 10. The van der Waals surface area contributed by atoms with Crippen molar-refractivity contribution in [2.75, 3.05) is 11.5 Å². The topological polar surface area (TPSA) is 95.5 Å². The van der Waals surface area contributed by atoms with Crippen molar-refractivity contribution < 1.29 is 19.5 Å². The van der Waals surface area contributed by atoms with E-state index in [0.717, 1.165) is 12.8 Å². The normalized spacial score (nSPS) is 13.4. The number of hydrogen-bond acceptors (Lipinski definition) is 4. The number of thioether (sulfide) groups is 1. The van der Waals surface area contributed by atoms with Gasteiger partial charge in [0, 0.05) is 11.8 Å². The van der Waals surface area contributed by atoms with Gasteiger partial charge in [0.2, 0.25) is 12.3 Å². The van der Waals surface area contributed by atoms with Crippen molar-refractivity contribution in [3.05, 3.63) is 0 Å². The van der Waals surface area contributed by atoms with Crippen LogP contribution in [0.5, 0.6) is 0 Å². The summed E-state index contributed by atoms with van der Waals surface area (Å²) in [7, 11) is 0. The molecule has 0 aliphatic heterocycles. The quantitative estimate of drug-likeness (QED) is 0.496. The molecule has 3 N–H and O–H groups in total. The fourth-order valence-electron chi connectivity index (χ4n) is 1.36. The van der Waals surface area contributed by atoms with Crippen LogP contribution >= 0.6 is 11.8 Å². The molecule has 0 saturated carbocycles. The molecule has 0 saturated heterocycles. The van der Waals surface area contributed by atoms with Crippen LogP contribution in [0.1, 0.15) is 26.7 Å². The predicted molar refractivity (Wildman–Crippen MR) is 70.5 cm³/mol. The van der Waals surface area contributed by atoms with Gasteiger partial charge in [-0.15, -0.1) is 11.8 Å². The minimum Gasteiger partial charge on any atom is -0.480 e. The zero-order valence-electron chi connectivity index (χ0n) is 10.6. The van der Waals surface area contributed by atoms with Crippen molar-refractivity contribution >= 4 is 30.0 Å². The van der Waals surface area contributed by atoms with Crippen LogP contribution in [0.4, 0.5) is 0 Å². The maximum absolute atomic E-state index is 11.5. The van der Waals surface area contributed by atoms with Crippen molar-refractivity contribution in [1.29, 1.82) is 0 Å². The van der Waals surface area contributed by atoms with E-state index in [1.807, 2.05) is 13.8 Å². The van der Waals surface area contributed by atoms with Crippen molar-refractivity contribution in [2.45, 2.75) is 38.8 Å². The molecule has 0 bridgehead atoms. The Balaban J connectivity index is 3.84. The van der Waals surface area contributed by atoms with E-state index < -0.39 is 12.0 Å². The van der Waals surface area contributed by atoms with Crippen molar-refractivity contribution in [3.63, 3.8) is 0 Å². The average molecular weight is 276 g/mol. The van der Waals surface area contributed by atoms with Gasteiger partial charge in [-0.1, -0.05) is 13.3 Å². The Labute approximate surface area is 111 Å². The van der Waals surface area contributed by atoms with Gasteiger partial charge in [0.1, 0.15) is 6.04 Å². The number of carboxylic acids is 1. The summed E-state index contributed by atoms with van der Waals surface area (Å²) in [5.41, 5.74) is 0. The Morgan fingerprint density at radius 3 is 2.61 bits per heavy atom. The summed E-state index contributed by atoms with van der Waals surface area (Å²) >= 11 is 1.18. The van der Waals surface area contributed by atoms with E-state index in [9.17, 15) is 14.4 Å². The molecule has 0 aromatic rings. The van der Waals surface area contributed by atoms with Crippen LogP contribution < -0.4 is 10.6 Å². The lowest BCUT2D eigenvalue weighted by Crippen LogP contribution is -2.39. The standard InChI is InChI=1S/C11H20N2O4S/c1-3-4-8(2)13-10(15)6-18-5-9(11(16)17)12-7-14/h7-9H,3-6H2,1-2H3,(H,12,14)(H,13,15)(H,16,17). The molecule has 2 amide bonds. The molecule has 0 heterocycles. The Hall–Kier alpha value is -1.24. The third-order valence-corrected chi connectivity index (χ3v) is 3.25. The van der Waals surface area contributed by atoms with Gasteiger partial charge in [0.05, 0.1) is 5.75 Å². The van der Waals surface area contributed by atoms with Crippen LogP contribution in [0.15, 0.2) is 0 Å². The number of hydrogen-bond donors (Lipinski definition) is 3. The van der Waals surface area contributed by atoms with Gasteiger partial charge in [-0.25, -0.2) is 4.79 Å². The third kappa shape index (κ3) is 7.94. The van der Waals surface area contributed by atoms with Crippen molar-refractivity contribution in [3.8, 4) is 0 Å². The lowest BCUT2D eigenvalue weighted by atomic mass is 10.2. The van der Waals surface area contributed by atoms with Gasteiger partial charge in [0.15, 0.2) is 0 Å². The molecule has 18 heavy (non-hydrogen) atoms. The zero-order chi connectivity index (χ0) is 14.0. The summed E-state index contributed by atoms with van der Waals surface area (Å²) in [5, 5.41) is 13.8. The number of aliphatic carboxylic acids is 1. The first-order chi connectivity index (χ1) is 8.51. The Kier molecular flexibility index (Phi) is 9.08. The first-order valence-electron chi connectivity index (χ1n) is 5.80. The highest BCUT2D eigenvalue weighted by Gasteiger charge is 2.16. The van der Waals surface area contributed by atoms with Gasteiger partial charge in [-0.3, -0.25) is 9.59 Å². The van der Waals surface area contributed by atoms with Gasteiger partial charge in [0.25, 0.3) is 0 Å². The number of nitrogens with one attached hydrogen (secondary N) is 2. The van der Waals surface area contributed by atoms with Crippen LogP contribution in [-0.2, 0) is 14.4 Å². The van der Waals surface area contributed by atoms with E-state index in [2.05, 4.69) is 10.6 Å². The molecule has 0 spiro atoms. The molecular weight excluding hydrogens is 256 g/mol. The van der Waals surface area contributed by atoms with Gasteiger partial charge >= 0.3 is 5.97 Å². The summed E-state index contributed by atoms with van der Waals surface area (Å²) in [5.74, 6) is -0.854. The second-order valence-electron chi connectivity index (χ2n) is 3.95. The van der Waals surface area contributed by atoms with E-state index in [1.54, 1.807) is 0 Å². The SMILES string of the molecule is CCCC(C)NC(=O)CSCC(NC=O)C(=O)O. The fraction of sp³-hybridized carbons (Fsp3) is 0.727. The number of carboxylic acid groups (broad SMARTS) is 1. The summed E-state index contributed by atoms with van der Waals surface area (Å²) in [6.07, 6.45) is 2.27. The maximum Gasteiger partial charge on any atom is 0.327 e. The molecular formula is C11H20N2O4S. The van der Waals surface area contributed by atoms with Crippen molar-refractivity contribution in [2.24, 2.45) is 0 Å². The zero-order valence-corrected chi connectivity index (χ0v) is 11.5. The van der Waals surface area contributed by atoms with Crippen LogP contribution in [0.25, 0.3) is 0 Å². The highest BCUT2D eigenvalue weighted by atomic mass is 32.2. The highest BCUT2D eigenvalue weighted by Crippen LogP contribution is 2.04. The maximum atomic E-state index is 11.5. The van der Waals surface area contributed by atoms with Gasteiger partial charge in [-0.2, -0.15) is 0 Å². The molecule has 0 rings (SSSR count). The smallest absolute Gasteiger partial charge is 0.327 e. The molecule has 0 aliphatic rings. The van der Waals surface area contributed by atoms with Crippen LogP contribution in [-0.4, -0.2) is 47.0 Å². The molecule has 6 nitrogen and oxygen atoms in total. The van der Waals surface area contributed by atoms with E-state index in [0.29, 0.717) is 6.41 Å². The van der Waals surface area contributed by atoms with Crippen LogP contribution in [0, 0.1) is 0 Å². The lowest BCUT2D eigenvalue weighted by molar-refractivity contribution is -0.139. The molecule has 0 fully saturated rings. The summed E-state index contributed by atoms with van der Waals surface area (Å²) < 4.78 is 0. The Bertz CT molecular complexity index is 286. The largest absolute Gasteiger partial charge is 0.480 e.